The third-order valence-electron chi connectivity index (χ3n) is 4.52. The highest BCUT2D eigenvalue weighted by atomic mass is 32.2. The fourth-order valence-corrected chi connectivity index (χ4v) is 3.94. The molecule has 1 aliphatic heterocycles. The van der Waals surface area contributed by atoms with Gasteiger partial charge in [0.25, 0.3) is 0 Å². The van der Waals surface area contributed by atoms with Crippen molar-refractivity contribution >= 4 is 9.84 Å². The Labute approximate surface area is 111 Å². The van der Waals surface area contributed by atoms with Crippen LogP contribution in [0.5, 0.6) is 0 Å². The number of rotatable bonds is 4. The smallest absolute Gasteiger partial charge is 0.148 e. The maximum atomic E-state index is 11.3. The minimum absolute atomic E-state index is 0.281. The lowest BCUT2D eigenvalue weighted by Gasteiger charge is -2.46. The molecule has 2 rings (SSSR count). The van der Waals surface area contributed by atoms with Crippen molar-refractivity contribution in [3.05, 3.63) is 0 Å². The zero-order valence-electron chi connectivity index (χ0n) is 11.6. The number of nitrogens with zero attached hydrogens (tertiary/aromatic N) is 1. The second-order valence-corrected chi connectivity index (χ2v) is 8.29. The molecule has 0 amide bonds. The van der Waals surface area contributed by atoms with Crippen molar-refractivity contribution in [2.75, 3.05) is 31.6 Å². The molecule has 1 heterocycles. The van der Waals surface area contributed by atoms with Gasteiger partial charge in [-0.2, -0.15) is 0 Å². The van der Waals surface area contributed by atoms with E-state index < -0.39 is 9.84 Å². The molecular formula is C13H26N2O2S. The van der Waals surface area contributed by atoms with E-state index >= 15 is 0 Å². The summed E-state index contributed by atoms with van der Waals surface area (Å²) in [6.45, 7) is 4.93. The van der Waals surface area contributed by atoms with Crippen molar-refractivity contribution in [1.82, 2.24) is 10.2 Å². The summed E-state index contributed by atoms with van der Waals surface area (Å²) in [6, 6.07) is 0.498. The molecule has 4 nitrogen and oxygen atoms in total. The fraction of sp³-hybridized carbons (Fsp3) is 1.00. The van der Waals surface area contributed by atoms with Gasteiger partial charge in [-0.05, 0) is 19.3 Å². The van der Waals surface area contributed by atoms with E-state index in [2.05, 4.69) is 17.1 Å². The molecule has 2 aliphatic rings. The molecule has 0 radical (unpaired) electrons. The van der Waals surface area contributed by atoms with Gasteiger partial charge in [0.05, 0.1) is 5.75 Å². The summed E-state index contributed by atoms with van der Waals surface area (Å²) in [7, 11) is -2.85. The highest BCUT2D eigenvalue weighted by molar-refractivity contribution is 7.90. The summed E-state index contributed by atoms with van der Waals surface area (Å²) in [5, 5.41) is 3.73. The maximum absolute atomic E-state index is 11.3. The topological polar surface area (TPSA) is 49.4 Å². The van der Waals surface area contributed by atoms with Crippen LogP contribution >= 0.6 is 0 Å². The van der Waals surface area contributed by atoms with Crippen LogP contribution < -0.4 is 5.32 Å². The van der Waals surface area contributed by atoms with Crippen molar-refractivity contribution in [2.24, 2.45) is 0 Å². The van der Waals surface area contributed by atoms with Gasteiger partial charge in [-0.1, -0.05) is 19.8 Å². The molecule has 5 heteroatoms. The van der Waals surface area contributed by atoms with E-state index in [4.69, 9.17) is 0 Å². The van der Waals surface area contributed by atoms with Crippen LogP contribution in [-0.2, 0) is 9.84 Å². The predicted octanol–water partition coefficient (Wildman–Crippen LogP) is 1.03. The average Bonchev–Trinajstić information content (AvgIpc) is 2.74. The molecule has 1 atom stereocenters. The van der Waals surface area contributed by atoms with Crippen LogP contribution in [0.2, 0.25) is 0 Å². The van der Waals surface area contributed by atoms with Crippen molar-refractivity contribution < 1.29 is 8.42 Å². The van der Waals surface area contributed by atoms with Crippen LogP contribution in [0.4, 0.5) is 0 Å². The normalized spacial score (nSPS) is 28.9. The minimum atomic E-state index is -2.85. The zero-order valence-corrected chi connectivity index (χ0v) is 12.4. The molecule has 18 heavy (non-hydrogen) atoms. The van der Waals surface area contributed by atoms with Gasteiger partial charge < -0.3 is 5.32 Å². The minimum Gasteiger partial charge on any atom is -0.308 e. The molecule has 106 valence electrons. The van der Waals surface area contributed by atoms with Crippen LogP contribution in [0.3, 0.4) is 0 Å². The number of hydrogen-bond acceptors (Lipinski definition) is 4. The Morgan fingerprint density at radius 1 is 1.33 bits per heavy atom. The van der Waals surface area contributed by atoms with Gasteiger partial charge in [0.15, 0.2) is 0 Å². The number of hydrogen-bond donors (Lipinski definition) is 1. The molecule has 1 saturated carbocycles. The number of sulfone groups is 1. The molecule has 0 aromatic carbocycles. The largest absolute Gasteiger partial charge is 0.308 e. The second kappa shape index (κ2) is 5.47. The van der Waals surface area contributed by atoms with Crippen LogP contribution in [0.25, 0.3) is 0 Å². The average molecular weight is 274 g/mol. The van der Waals surface area contributed by atoms with Crippen molar-refractivity contribution in [3.63, 3.8) is 0 Å². The quantitative estimate of drug-likeness (QED) is 0.832. The molecule has 1 unspecified atom stereocenters. The molecule has 0 bridgehead atoms. The SMILES string of the molecule is CCC1CNC2(CCCC2)CN1CCS(C)(=O)=O. The first kappa shape index (κ1) is 14.3. The third-order valence-corrected chi connectivity index (χ3v) is 5.44. The van der Waals surface area contributed by atoms with Gasteiger partial charge in [0.1, 0.15) is 9.84 Å². The first-order valence-corrected chi connectivity index (χ1v) is 9.17. The van der Waals surface area contributed by atoms with Gasteiger partial charge >= 0.3 is 0 Å². The van der Waals surface area contributed by atoms with Crippen LogP contribution in [-0.4, -0.2) is 56.5 Å². The van der Waals surface area contributed by atoms with E-state index in [9.17, 15) is 8.42 Å². The Kier molecular flexibility index (Phi) is 4.34. The van der Waals surface area contributed by atoms with Crippen molar-refractivity contribution in [1.29, 1.82) is 0 Å². The molecule has 0 aromatic rings. The Morgan fingerprint density at radius 3 is 2.56 bits per heavy atom. The molecule has 1 spiro atoms. The van der Waals surface area contributed by atoms with Crippen LogP contribution in [0.1, 0.15) is 39.0 Å². The molecule has 1 saturated heterocycles. The van der Waals surface area contributed by atoms with Crippen LogP contribution in [0, 0.1) is 0 Å². The molecule has 1 N–H and O–H groups in total. The summed E-state index contributed by atoms with van der Waals surface area (Å²) in [4.78, 5) is 2.41. The van der Waals surface area contributed by atoms with Crippen molar-refractivity contribution in [3.8, 4) is 0 Å². The standard InChI is InChI=1S/C13H26N2O2S/c1-3-12-10-14-13(6-4-5-7-13)11-15(12)8-9-18(2,16)17/h12,14H,3-11H2,1-2H3. The van der Waals surface area contributed by atoms with E-state index in [1.54, 1.807) is 0 Å². The van der Waals surface area contributed by atoms with E-state index in [0.29, 0.717) is 18.3 Å². The van der Waals surface area contributed by atoms with Crippen LogP contribution in [0.15, 0.2) is 0 Å². The lowest BCUT2D eigenvalue weighted by molar-refractivity contribution is 0.0841. The summed E-state index contributed by atoms with van der Waals surface area (Å²) in [5.41, 5.74) is 0.281. The second-order valence-electron chi connectivity index (χ2n) is 6.03. The molecular weight excluding hydrogens is 248 g/mol. The Morgan fingerprint density at radius 2 is 2.00 bits per heavy atom. The molecule has 1 aliphatic carbocycles. The predicted molar refractivity (Wildman–Crippen MR) is 74.6 cm³/mol. The van der Waals surface area contributed by atoms with E-state index in [1.807, 2.05) is 0 Å². The monoisotopic (exact) mass is 274 g/mol. The fourth-order valence-electron chi connectivity index (χ4n) is 3.37. The summed E-state index contributed by atoms with van der Waals surface area (Å²) in [6.07, 6.45) is 7.54. The first-order chi connectivity index (χ1) is 8.44. The van der Waals surface area contributed by atoms with Gasteiger partial charge in [-0.3, -0.25) is 4.90 Å². The zero-order chi connectivity index (χ0) is 13.2. The molecule has 0 aromatic heterocycles. The van der Waals surface area contributed by atoms with Gasteiger partial charge in [0.2, 0.25) is 0 Å². The van der Waals surface area contributed by atoms with E-state index in [-0.39, 0.29) is 5.54 Å². The maximum Gasteiger partial charge on any atom is 0.148 e. The van der Waals surface area contributed by atoms with Crippen molar-refractivity contribution in [2.45, 2.75) is 50.6 Å². The summed E-state index contributed by atoms with van der Waals surface area (Å²) in [5.74, 6) is 0.291. The Balaban J connectivity index is 1.99. The lowest BCUT2D eigenvalue weighted by Crippen LogP contribution is -2.63. The van der Waals surface area contributed by atoms with E-state index in [1.165, 1.54) is 31.9 Å². The summed E-state index contributed by atoms with van der Waals surface area (Å²) < 4.78 is 22.7. The number of nitrogens with one attached hydrogen (secondary N) is 1. The Bertz CT molecular complexity index is 374. The highest BCUT2D eigenvalue weighted by Crippen LogP contribution is 2.33. The molecule has 2 fully saturated rings. The Hall–Kier alpha value is -0.130. The van der Waals surface area contributed by atoms with Gasteiger partial charge in [-0.15, -0.1) is 0 Å². The van der Waals surface area contributed by atoms with E-state index in [0.717, 1.165) is 19.5 Å². The number of piperazine rings is 1. The van der Waals surface area contributed by atoms with Gasteiger partial charge in [0, 0.05) is 37.5 Å². The highest BCUT2D eigenvalue weighted by Gasteiger charge is 2.40. The first-order valence-electron chi connectivity index (χ1n) is 7.11. The van der Waals surface area contributed by atoms with Gasteiger partial charge in [-0.25, -0.2) is 8.42 Å². The summed E-state index contributed by atoms with van der Waals surface area (Å²) >= 11 is 0. The lowest BCUT2D eigenvalue weighted by atomic mass is 9.92. The third kappa shape index (κ3) is 3.45.